The molecule has 2 aromatic rings. The number of nitrogens with zero attached hydrogens (tertiary/aromatic N) is 3. The normalized spacial score (nSPS) is 12.6. The topological polar surface area (TPSA) is 61.8 Å². The van der Waals surface area contributed by atoms with Gasteiger partial charge in [-0.1, -0.05) is 17.7 Å². The van der Waals surface area contributed by atoms with E-state index < -0.39 is 0 Å². The zero-order chi connectivity index (χ0) is 18.2. The van der Waals surface area contributed by atoms with E-state index in [0.717, 1.165) is 16.6 Å². The van der Waals surface area contributed by atoms with E-state index in [2.05, 4.69) is 20.6 Å². The van der Waals surface area contributed by atoms with E-state index in [1.807, 2.05) is 49.5 Å². The molecule has 136 valence electrons. The predicted octanol–water partition coefficient (Wildman–Crippen LogP) is 3.00. The Kier molecular flexibility index (Phi) is 7.33. The number of benzene rings is 1. The molecule has 0 saturated carbocycles. The number of anilines is 1. The largest absolute Gasteiger partial charge is 0.489 e. The van der Waals surface area contributed by atoms with Gasteiger partial charge in [0.15, 0.2) is 11.1 Å². The van der Waals surface area contributed by atoms with Crippen molar-refractivity contribution in [3.8, 4) is 5.75 Å². The first-order chi connectivity index (χ1) is 12.0. The van der Waals surface area contributed by atoms with Crippen molar-refractivity contribution >= 4 is 34.0 Å². The summed E-state index contributed by atoms with van der Waals surface area (Å²) >= 11 is 7.59. The van der Waals surface area contributed by atoms with Crippen LogP contribution >= 0.6 is 22.9 Å². The third-order valence-electron chi connectivity index (χ3n) is 3.27. The lowest BCUT2D eigenvalue weighted by atomic mass is 10.3. The lowest BCUT2D eigenvalue weighted by molar-refractivity contribution is 0.224. The van der Waals surface area contributed by atoms with E-state index in [1.165, 1.54) is 0 Å². The summed E-state index contributed by atoms with van der Waals surface area (Å²) in [6.07, 6.45) is -0.0309. The molecule has 2 rings (SSSR count). The fourth-order valence-corrected chi connectivity index (χ4v) is 2.97. The summed E-state index contributed by atoms with van der Waals surface area (Å²) in [5.41, 5.74) is 0.986. The Hall–Kier alpha value is -1.99. The number of halogens is 1. The Morgan fingerprint density at radius 1 is 1.40 bits per heavy atom. The first kappa shape index (κ1) is 19.3. The monoisotopic (exact) mass is 381 g/mol. The van der Waals surface area contributed by atoms with E-state index in [-0.39, 0.29) is 6.10 Å². The van der Waals surface area contributed by atoms with Crippen LogP contribution in [0.25, 0.3) is 0 Å². The fraction of sp³-hybridized carbons (Fsp3) is 0.412. The number of nitrogens with one attached hydrogen (secondary N) is 2. The van der Waals surface area contributed by atoms with E-state index in [1.54, 1.807) is 24.5 Å². The second-order valence-electron chi connectivity index (χ2n) is 5.71. The van der Waals surface area contributed by atoms with Crippen molar-refractivity contribution in [3.63, 3.8) is 0 Å². The number of thiazole rings is 1. The molecule has 1 heterocycles. The van der Waals surface area contributed by atoms with Crippen molar-refractivity contribution in [2.45, 2.75) is 19.6 Å². The molecule has 1 aromatic carbocycles. The first-order valence-corrected chi connectivity index (χ1v) is 9.22. The van der Waals surface area contributed by atoms with Crippen LogP contribution in [0, 0.1) is 0 Å². The minimum atomic E-state index is -0.0309. The number of aromatic nitrogens is 1. The van der Waals surface area contributed by atoms with Crippen LogP contribution in [0.1, 0.15) is 12.6 Å². The predicted molar refractivity (Wildman–Crippen MR) is 106 cm³/mol. The van der Waals surface area contributed by atoms with Crippen molar-refractivity contribution in [1.82, 2.24) is 15.6 Å². The van der Waals surface area contributed by atoms with Crippen LogP contribution in [-0.2, 0) is 6.54 Å². The van der Waals surface area contributed by atoms with Gasteiger partial charge < -0.3 is 20.3 Å². The average Bonchev–Trinajstić information content (AvgIpc) is 3.04. The number of aliphatic imine (C=N–C) groups is 1. The van der Waals surface area contributed by atoms with Crippen LogP contribution in [0.3, 0.4) is 0 Å². The van der Waals surface area contributed by atoms with Crippen LogP contribution in [0.15, 0.2) is 34.6 Å². The number of hydrogen-bond acceptors (Lipinski definition) is 5. The van der Waals surface area contributed by atoms with E-state index >= 15 is 0 Å². The highest BCUT2D eigenvalue weighted by atomic mass is 35.5. The van der Waals surface area contributed by atoms with Crippen molar-refractivity contribution in [2.75, 3.05) is 32.6 Å². The SMILES string of the molecule is CN=C(NCc1csc(N(C)C)n1)NCC(C)Oc1cccc(Cl)c1. The molecule has 0 aliphatic heterocycles. The van der Waals surface area contributed by atoms with Crippen LogP contribution in [0.2, 0.25) is 5.02 Å². The molecule has 0 saturated heterocycles. The van der Waals surface area contributed by atoms with Gasteiger partial charge in [0.25, 0.3) is 0 Å². The van der Waals surface area contributed by atoms with Crippen molar-refractivity contribution in [3.05, 3.63) is 40.4 Å². The quantitative estimate of drug-likeness (QED) is 0.570. The Labute approximate surface area is 157 Å². The standard InChI is InChI=1S/C17H24ClN5OS/c1-12(24-15-7-5-6-13(18)8-15)9-20-16(19-2)21-10-14-11-25-17(22-14)23(3)4/h5-8,11-12H,9-10H2,1-4H3,(H2,19,20,21). The molecule has 8 heteroatoms. The van der Waals surface area contributed by atoms with Crippen molar-refractivity contribution < 1.29 is 4.74 Å². The van der Waals surface area contributed by atoms with Crippen molar-refractivity contribution in [2.24, 2.45) is 4.99 Å². The van der Waals surface area contributed by atoms with Crippen LogP contribution < -0.4 is 20.3 Å². The molecule has 0 aliphatic rings. The average molecular weight is 382 g/mol. The maximum absolute atomic E-state index is 5.97. The molecule has 0 fully saturated rings. The molecule has 0 radical (unpaired) electrons. The summed E-state index contributed by atoms with van der Waals surface area (Å²) in [5.74, 6) is 1.46. The molecule has 2 N–H and O–H groups in total. The van der Waals surface area contributed by atoms with E-state index in [9.17, 15) is 0 Å². The molecule has 1 aromatic heterocycles. The number of rotatable bonds is 7. The number of hydrogen-bond donors (Lipinski definition) is 2. The van der Waals surface area contributed by atoms with Gasteiger partial charge in [-0.3, -0.25) is 4.99 Å². The second kappa shape index (κ2) is 9.48. The van der Waals surface area contributed by atoms with Gasteiger partial charge >= 0.3 is 0 Å². The Morgan fingerprint density at radius 3 is 2.84 bits per heavy atom. The van der Waals surface area contributed by atoms with Gasteiger partial charge in [0, 0.05) is 31.5 Å². The summed E-state index contributed by atoms with van der Waals surface area (Å²) < 4.78 is 5.84. The molecule has 6 nitrogen and oxygen atoms in total. The Bertz CT molecular complexity index is 704. The summed E-state index contributed by atoms with van der Waals surface area (Å²) in [5, 5.41) is 10.2. The molecule has 1 unspecified atom stereocenters. The number of ether oxygens (including phenoxy) is 1. The van der Waals surface area contributed by atoms with Crippen molar-refractivity contribution in [1.29, 1.82) is 0 Å². The number of guanidine groups is 1. The lowest BCUT2D eigenvalue weighted by Gasteiger charge is -2.17. The smallest absolute Gasteiger partial charge is 0.191 e. The van der Waals surface area contributed by atoms with E-state index in [4.69, 9.17) is 16.3 Å². The fourth-order valence-electron chi connectivity index (χ4n) is 2.03. The summed E-state index contributed by atoms with van der Waals surface area (Å²) in [7, 11) is 5.71. The highest BCUT2D eigenvalue weighted by molar-refractivity contribution is 7.13. The van der Waals surface area contributed by atoms with Crippen LogP contribution in [-0.4, -0.2) is 44.7 Å². The van der Waals surface area contributed by atoms with Gasteiger partial charge in [-0.25, -0.2) is 4.98 Å². The third-order valence-corrected chi connectivity index (χ3v) is 4.57. The maximum Gasteiger partial charge on any atom is 0.191 e. The third kappa shape index (κ3) is 6.43. The van der Waals surface area contributed by atoms with Gasteiger partial charge in [0.2, 0.25) is 0 Å². The Balaban J connectivity index is 1.77. The molecule has 25 heavy (non-hydrogen) atoms. The summed E-state index contributed by atoms with van der Waals surface area (Å²) in [6.45, 7) is 3.23. The van der Waals surface area contributed by atoms with Gasteiger partial charge in [0.05, 0.1) is 18.8 Å². The molecule has 0 bridgehead atoms. The van der Waals surface area contributed by atoms with Crippen LogP contribution in [0.4, 0.5) is 5.13 Å². The van der Waals surface area contributed by atoms with Gasteiger partial charge in [0.1, 0.15) is 11.9 Å². The minimum Gasteiger partial charge on any atom is -0.489 e. The molecule has 1 atom stereocenters. The maximum atomic E-state index is 5.97. The molecular formula is C17H24ClN5OS. The second-order valence-corrected chi connectivity index (χ2v) is 6.98. The Morgan fingerprint density at radius 2 is 2.20 bits per heavy atom. The molecule has 0 aliphatic carbocycles. The van der Waals surface area contributed by atoms with Gasteiger partial charge in [-0.05, 0) is 25.1 Å². The summed E-state index contributed by atoms with van der Waals surface area (Å²) in [6, 6.07) is 7.38. The zero-order valence-corrected chi connectivity index (χ0v) is 16.5. The van der Waals surface area contributed by atoms with E-state index in [0.29, 0.717) is 24.1 Å². The van der Waals surface area contributed by atoms with Crippen LogP contribution in [0.5, 0.6) is 5.75 Å². The highest BCUT2D eigenvalue weighted by Crippen LogP contribution is 2.18. The highest BCUT2D eigenvalue weighted by Gasteiger charge is 2.08. The van der Waals surface area contributed by atoms with Gasteiger partial charge in [-0.2, -0.15) is 0 Å². The molecular weight excluding hydrogens is 358 g/mol. The molecule has 0 amide bonds. The lowest BCUT2D eigenvalue weighted by Crippen LogP contribution is -2.41. The van der Waals surface area contributed by atoms with Gasteiger partial charge in [-0.15, -0.1) is 11.3 Å². The zero-order valence-electron chi connectivity index (χ0n) is 14.9. The minimum absolute atomic E-state index is 0.0309. The first-order valence-electron chi connectivity index (χ1n) is 7.96. The molecule has 0 spiro atoms. The summed E-state index contributed by atoms with van der Waals surface area (Å²) in [4.78, 5) is 10.8.